The first-order chi connectivity index (χ1) is 14.2. The topological polar surface area (TPSA) is 114 Å². The molecule has 0 atom stereocenters. The Morgan fingerprint density at radius 3 is 2.60 bits per heavy atom. The van der Waals surface area contributed by atoms with Crippen LogP contribution in [0, 0.1) is 6.92 Å². The van der Waals surface area contributed by atoms with Gasteiger partial charge in [-0.25, -0.2) is 13.1 Å². The van der Waals surface area contributed by atoms with E-state index in [1.807, 2.05) is 48.2 Å². The fourth-order valence-corrected chi connectivity index (χ4v) is 4.17. The molecule has 154 valence electrons. The second kappa shape index (κ2) is 7.42. The van der Waals surface area contributed by atoms with Crippen molar-refractivity contribution in [2.75, 3.05) is 6.26 Å². The Kier molecular flexibility index (Phi) is 4.90. The molecule has 2 heterocycles. The summed E-state index contributed by atoms with van der Waals surface area (Å²) in [6.45, 7) is 1.54. The van der Waals surface area contributed by atoms with E-state index in [2.05, 4.69) is 10.1 Å². The summed E-state index contributed by atoms with van der Waals surface area (Å²) in [5.41, 5.74) is 3.32. The molecule has 1 amide bonds. The molecule has 30 heavy (non-hydrogen) atoms. The molecule has 0 aliphatic rings. The number of hydrogen-bond donors (Lipinski definition) is 2. The van der Waals surface area contributed by atoms with Crippen LogP contribution in [0.15, 0.2) is 53.5 Å². The van der Waals surface area contributed by atoms with Crippen molar-refractivity contribution in [2.24, 2.45) is 0 Å². The van der Waals surface area contributed by atoms with E-state index in [9.17, 15) is 18.0 Å². The lowest BCUT2D eigenvalue weighted by Gasteiger charge is -2.11. The van der Waals surface area contributed by atoms with Crippen LogP contribution < -0.4 is 10.3 Å². The number of rotatable bonds is 5. The smallest absolute Gasteiger partial charge is 0.275 e. The number of fused-ring (bicyclic) bond motifs is 2. The first kappa shape index (κ1) is 19.8. The number of H-pyrrole nitrogens is 1. The predicted octanol–water partition coefficient (Wildman–Crippen LogP) is 1.85. The fourth-order valence-electron chi connectivity index (χ4n) is 3.69. The lowest BCUT2D eigenvalue weighted by atomic mass is 10.0. The van der Waals surface area contributed by atoms with Gasteiger partial charge in [-0.05, 0) is 30.2 Å². The second-order valence-electron chi connectivity index (χ2n) is 7.24. The van der Waals surface area contributed by atoms with Crippen LogP contribution in [-0.4, -0.2) is 35.3 Å². The zero-order valence-electron chi connectivity index (χ0n) is 16.5. The number of aromatic amines is 1. The quantitative estimate of drug-likeness (QED) is 0.508. The van der Waals surface area contributed by atoms with Gasteiger partial charge < -0.3 is 4.98 Å². The van der Waals surface area contributed by atoms with Crippen LogP contribution in [0.25, 0.3) is 21.7 Å². The van der Waals surface area contributed by atoms with Gasteiger partial charge in [-0.1, -0.05) is 30.3 Å². The summed E-state index contributed by atoms with van der Waals surface area (Å²) in [6.07, 6.45) is 3.24. The highest BCUT2D eigenvalue weighted by molar-refractivity contribution is 7.89. The van der Waals surface area contributed by atoms with Crippen LogP contribution in [0.4, 0.5) is 0 Å². The molecule has 9 heteroatoms. The summed E-state index contributed by atoms with van der Waals surface area (Å²) < 4.78 is 25.5. The van der Waals surface area contributed by atoms with Gasteiger partial charge >= 0.3 is 0 Å². The van der Waals surface area contributed by atoms with E-state index in [1.54, 1.807) is 12.1 Å². The van der Waals surface area contributed by atoms with Crippen molar-refractivity contribution in [1.29, 1.82) is 0 Å². The summed E-state index contributed by atoms with van der Waals surface area (Å²) in [4.78, 5) is 28.1. The van der Waals surface area contributed by atoms with Crippen LogP contribution in [0.3, 0.4) is 0 Å². The number of benzene rings is 2. The zero-order chi connectivity index (χ0) is 21.5. The lowest BCUT2D eigenvalue weighted by Crippen LogP contribution is -2.36. The molecule has 0 fully saturated rings. The molecular weight excluding hydrogens is 404 g/mol. The summed E-state index contributed by atoms with van der Waals surface area (Å²) >= 11 is 0. The van der Waals surface area contributed by atoms with Crippen molar-refractivity contribution in [3.8, 4) is 0 Å². The van der Waals surface area contributed by atoms with Crippen molar-refractivity contribution in [1.82, 2.24) is 19.5 Å². The molecule has 8 nitrogen and oxygen atoms in total. The van der Waals surface area contributed by atoms with E-state index in [0.717, 1.165) is 33.0 Å². The molecule has 0 unspecified atom stereocenters. The highest BCUT2D eigenvalue weighted by atomic mass is 32.2. The van der Waals surface area contributed by atoms with E-state index in [4.69, 9.17) is 0 Å². The second-order valence-corrected chi connectivity index (χ2v) is 8.99. The maximum absolute atomic E-state index is 12.8. The average Bonchev–Trinajstić information content (AvgIpc) is 3.08. The number of aromatic nitrogens is 3. The van der Waals surface area contributed by atoms with Crippen molar-refractivity contribution in [3.63, 3.8) is 0 Å². The average molecular weight is 424 g/mol. The van der Waals surface area contributed by atoms with Crippen molar-refractivity contribution >= 4 is 37.6 Å². The van der Waals surface area contributed by atoms with Crippen molar-refractivity contribution in [3.05, 3.63) is 75.8 Å². The van der Waals surface area contributed by atoms with E-state index < -0.39 is 28.0 Å². The third-order valence-electron chi connectivity index (χ3n) is 4.89. The van der Waals surface area contributed by atoms with Crippen LogP contribution in [0.5, 0.6) is 0 Å². The number of carbonyl (C=O) groups is 1. The molecule has 2 aromatic carbocycles. The molecule has 2 N–H and O–H groups in total. The normalized spacial score (nSPS) is 11.8. The van der Waals surface area contributed by atoms with E-state index in [0.29, 0.717) is 22.9 Å². The minimum atomic E-state index is -3.73. The Labute approximate surface area is 172 Å². The number of aryl methyl sites for hydroxylation is 1. The van der Waals surface area contributed by atoms with E-state index in [1.165, 1.54) is 0 Å². The highest BCUT2D eigenvalue weighted by Crippen LogP contribution is 2.25. The number of nitrogens with zero attached hydrogens (tertiary/aromatic N) is 2. The third kappa shape index (κ3) is 3.84. The van der Waals surface area contributed by atoms with Gasteiger partial charge in [0.2, 0.25) is 10.0 Å². The first-order valence-electron chi connectivity index (χ1n) is 9.28. The van der Waals surface area contributed by atoms with E-state index in [-0.39, 0.29) is 0 Å². The van der Waals surface area contributed by atoms with Gasteiger partial charge in [-0.2, -0.15) is 5.10 Å². The van der Waals surface area contributed by atoms with Crippen LogP contribution in [-0.2, 0) is 27.8 Å². The molecule has 0 aliphatic carbocycles. The standard InChI is InChI=1S/C21H20N4O4S/c1-13-6-5-9-17-20(13)14(11-22-17)10-18-15-7-3-4-8-16(15)21(27)25(23-18)12-19(26)24-30(2,28)29/h3-9,11,22H,10,12H2,1-2H3,(H,24,26). The minimum absolute atomic E-state index is 0.422. The summed E-state index contributed by atoms with van der Waals surface area (Å²) in [7, 11) is -3.73. The molecule has 0 saturated carbocycles. The van der Waals surface area contributed by atoms with Crippen molar-refractivity contribution in [2.45, 2.75) is 19.9 Å². The third-order valence-corrected chi connectivity index (χ3v) is 5.49. The van der Waals surface area contributed by atoms with E-state index >= 15 is 0 Å². The minimum Gasteiger partial charge on any atom is -0.361 e. The molecule has 0 spiro atoms. The highest BCUT2D eigenvalue weighted by Gasteiger charge is 2.16. The molecule has 0 bridgehead atoms. The summed E-state index contributed by atoms with van der Waals surface area (Å²) in [6, 6.07) is 13.1. The van der Waals surface area contributed by atoms with Gasteiger partial charge in [-0.15, -0.1) is 0 Å². The van der Waals surface area contributed by atoms with Gasteiger partial charge in [0.15, 0.2) is 0 Å². The lowest BCUT2D eigenvalue weighted by molar-refractivity contribution is -0.120. The van der Waals surface area contributed by atoms with Gasteiger partial charge in [0.05, 0.1) is 17.3 Å². The van der Waals surface area contributed by atoms with Crippen LogP contribution in [0.2, 0.25) is 0 Å². The predicted molar refractivity (Wildman–Crippen MR) is 115 cm³/mol. The van der Waals surface area contributed by atoms with Gasteiger partial charge in [0.1, 0.15) is 6.54 Å². The van der Waals surface area contributed by atoms with Gasteiger partial charge in [-0.3, -0.25) is 14.3 Å². The Bertz CT molecular complexity index is 1450. The monoisotopic (exact) mass is 424 g/mol. The number of carbonyl (C=O) groups excluding carboxylic acids is 1. The Morgan fingerprint density at radius 2 is 1.87 bits per heavy atom. The molecule has 2 aromatic heterocycles. The van der Waals surface area contributed by atoms with Gasteiger partial charge in [0, 0.05) is 28.9 Å². The fraction of sp³-hybridized carbons (Fsp3) is 0.190. The maximum Gasteiger partial charge on any atom is 0.275 e. The molecular formula is C21H20N4O4S. The van der Waals surface area contributed by atoms with Crippen molar-refractivity contribution < 1.29 is 13.2 Å². The molecule has 4 rings (SSSR count). The summed E-state index contributed by atoms with van der Waals surface area (Å²) in [5, 5.41) is 6.63. The number of amides is 1. The molecule has 0 saturated heterocycles. The molecule has 0 radical (unpaired) electrons. The molecule has 0 aliphatic heterocycles. The zero-order valence-corrected chi connectivity index (χ0v) is 17.3. The number of nitrogens with one attached hydrogen (secondary N) is 2. The van der Waals surface area contributed by atoms with Crippen LogP contribution >= 0.6 is 0 Å². The Balaban J connectivity index is 1.82. The first-order valence-corrected chi connectivity index (χ1v) is 11.2. The Hall–Kier alpha value is -3.46. The van der Waals surface area contributed by atoms with Gasteiger partial charge in [0.25, 0.3) is 11.5 Å². The largest absolute Gasteiger partial charge is 0.361 e. The molecule has 4 aromatic rings. The van der Waals surface area contributed by atoms with Crippen LogP contribution in [0.1, 0.15) is 16.8 Å². The maximum atomic E-state index is 12.8. The Morgan fingerprint density at radius 1 is 1.13 bits per heavy atom. The number of sulfonamides is 1. The summed E-state index contributed by atoms with van der Waals surface area (Å²) in [5.74, 6) is -0.823. The number of hydrogen-bond acceptors (Lipinski definition) is 5. The SMILES string of the molecule is Cc1cccc2[nH]cc(Cc3nn(CC(=O)NS(C)(=O)=O)c(=O)c4ccccc34)c12.